The maximum atomic E-state index is 9.17. The Balaban J connectivity index is 2.86. The first-order chi connectivity index (χ1) is 6.20. The standard InChI is InChI=1S/C11H16O2/c1-4-13-11-6-5-8(2)9(3)10(11)7-12/h5-6,10,12H,3-4,7H2,1-2H3. The molecule has 1 rings (SSSR count). The zero-order valence-electron chi connectivity index (χ0n) is 8.21. The fourth-order valence-corrected chi connectivity index (χ4v) is 1.39. The smallest absolute Gasteiger partial charge is 0.106 e. The summed E-state index contributed by atoms with van der Waals surface area (Å²) in [5, 5.41) is 9.17. The largest absolute Gasteiger partial charge is 0.497 e. The lowest BCUT2D eigenvalue weighted by Crippen LogP contribution is -2.17. The van der Waals surface area contributed by atoms with E-state index in [1.165, 1.54) is 0 Å². The molecule has 1 aliphatic rings. The number of ether oxygens (including phenoxy) is 1. The summed E-state index contributed by atoms with van der Waals surface area (Å²) in [6, 6.07) is 0. The molecule has 13 heavy (non-hydrogen) atoms. The summed E-state index contributed by atoms with van der Waals surface area (Å²) in [5.41, 5.74) is 2.07. The minimum atomic E-state index is -0.0510. The van der Waals surface area contributed by atoms with E-state index in [9.17, 15) is 0 Å². The summed E-state index contributed by atoms with van der Waals surface area (Å²) in [6.45, 7) is 8.55. The molecule has 0 amide bonds. The van der Waals surface area contributed by atoms with Crippen molar-refractivity contribution in [1.29, 1.82) is 0 Å². The molecule has 1 unspecified atom stereocenters. The van der Waals surface area contributed by atoms with Crippen LogP contribution in [-0.2, 0) is 4.74 Å². The molecule has 0 spiro atoms. The van der Waals surface area contributed by atoms with E-state index in [-0.39, 0.29) is 12.5 Å². The monoisotopic (exact) mass is 180 g/mol. The van der Waals surface area contributed by atoms with Crippen molar-refractivity contribution in [2.45, 2.75) is 13.8 Å². The van der Waals surface area contributed by atoms with Gasteiger partial charge in [-0.25, -0.2) is 0 Å². The van der Waals surface area contributed by atoms with Gasteiger partial charge in [-0.1, -0.05) is 12.7 Å². The number of allylic oxidation sites excluding steroid dienone is 3. The van der Waals surface area contributed by atoms with Crippen LogP contribution in [0.25, 0.3) is 0 Å². The number of aliphatic hydroxyl groups excluding tert-OH is 1. The molecule has 0 aromatic heterocycles. The fraction of sp³-hybridized carbons (Fsp3) is 0.455. The fourth-order valence-electron chi connectivity index (χ4n) is 1.39. The number of aliphatic hydroxyl groups is 1. The molecule has 0 aromatic carbocycles. The molecule has 2 nitrogen and oxygen atoms in total. The zero-order valence-corrected chi connectivity index (χ0v) is 8.21. The highest BCUT2D eigenvalue weighted by Crippen LogP contribution is 2.29. The van der Waals surface area contributed by atoms with Crippen molar-refractivity contribution in [2.24, 2.45) is 5.92 Å². The Morgan fingerprint density at radius 1 is 1.54 bits per heavy atom. The van der Waals surface area contributed by atoms with E-state index in [0.29, 0.717) is 6.61 Å². The highest BCUT2D eigenvalue weighted by molar-refractivity contribution is 5.40. The second-order valence-corrected chi connectivity index (χ2v) is 3.11. The lowest BCUT2D eigenvalue weighted by atomic mass is 9.89. The van der Waals surface area contributed by atoms with Crippen molar-refractivity contribution in [1.82, 2.24) is 0 Å². The highest BCUT2D eigenvalue weighted by atomic mass is 16.5. The Morgan fingerprint density at radius 3 is 2.77 bits per heavy atom. The normalized spacial score (nSPS) is 22.4. The lowest BCUT2D eigenvalue weighted by Gasteiger charge is -2.24. The van der Waals surface area contributed by atoms with Crippen LogP contribution in [0, 0.1) is 5.92 Å². The van der Waals surface area contributed by atoms with Crippen molar-refractivity contribution < 1.29 is 9.84 Å². The number of hydrogen-bond donors (Lipinski definition) is 1. The molecule has 1 aliphatic carbocycles. The van der Waals surface area contributed by atoms with E-state index < -0.39 is 0 Å². The van der Waals surface area contributed by atoms with Crippen LogP contribution in [0.1, 0.15) is 13.8 Å². The van der Waals surface area contributed by atoms with E-state index in [4.69, 9.17) is 9.84 Å². The maximum absolute atomic E-state index is 9.17. The highest BCUT2D eigenvalue weighted by Gasteiger charge is 2.21. The summed E-state index contributed by atoms with van der Waals surface area (Å²) in [4.78, 5) is 0. The Labute approximate surface area is 79.2 Å². The Kier molecular flexibility index (Phi) is 3.32. The van der Waals surface area contributed by atoms with Crippen LogP contribution in [0.5, 0.6) is 0 Å². The first kappa shape index (κ1) is 10.1. The average molecular weight is 180 g/mol. The van der Waals surface area contributed by atoms with Crippen LogP contribution in [0.15, 0.2) is 35.6 Å². The topological polar surface area (TPSA) is 29.5 Å². The van der Waals surface area contributed by atoms with E-state index in [0.717, 1.165) is 16.9 Å². The lowest BCUT2D eigenvalue weighted by molar-refractivity contribution is 0.163. The van der Waals surface area contributed by atoms with E-state index in [1.54, 1.807) is 0 Å². The molecular formula is C11H16O2. The second-order valence-electron chi connectivity index (χ2n) is 3.11. The van der Waals surface area contributed by atoms with Gasteiger partial charge >= 0.3 is 0 Å². The van der Waals surface area contributed by atoms with Gasteiger partial charge in [-0.15, -0.1) is 0 Å². The van der Waals surface area contributed by atoms with E-state index >= 15 is 0 Å². The number of rotatable bonds is 3. The van der Waals surface area contributed by atoms with Gasteiger partial charge < -0.3 is 9.84 Å². The van der Waals surface area contributed by atoms with Crippen LogP contribution in [0.4, 0.5) is 0 Å². The van der Waals surface area contributed by atoms with Gasteiger partial charge in [0.2, 0.25) is 0 Å². The SMILES string of the molecule is C=C1C(C)=CC=C(OCC)C1CO. The molecule has 0 bridgehead atoms. The van der Waals surface area contributed by atoms with Gasteiger partial charge in [-0.05, 0) is 31.1 Å². The van der Waals surface area contributed by atoms with Crippen molar-refractivity contribution >= 4 is 0 Å². The minimum Gasteiger partial charge on any atom is -0.497 e. The second kappa shape index (κ2) is 4.28. The molecule has 0 heterocycles. The average Bonchev–Trinajstić information content (AvgIpc) is 2.12. The van der Waals surface area contributed by atoms with Gasteiger partial charge in [0.1, 0.15) is 5.76 Å². The molecule has 1 atom stereocenters. The van der Waals surface area contributed by atoms with Crippen LogP contribution in [0.2, 0.25) is 0 Å². The van der Waals surface area contributed by atoms with Crippen LogP contribution in [0.3, 0.4) is 0 Å². The molecule has 0 aliphatic heterocycles. The molecular weight excluding hydrogens is 164 g/mol. The van der Waals surface area contributed by atoms with Crippen LogP contribution >= 0.6 is 0 Å². The van der Waals surface area contributed by atoms with Crippen molar-refractivity contribution in [3.63, 3.8) is 0 Å². The Morgan fingerprint density at radius 2 is 2.23 bits per heavy atom. The predicted octanol–water partition coefficient (Wildman–Crippen LogP) is 2.03. The molecule has 0 aromatic rings. The van der Waals surface area contributed by atoms with E-state index in [1.807, 2.05) is 26.0 Å². The van der Waals surface area contributed by atoms with Gasteiger partial charge in [-0.3, -0.25) is 0 Å². The van der Waals surface area contributed by atoms with Gasteiger partial charge in [0.25, 0.3) is 0 Å². The zero-order chi connectivity index (χ0) is 9.84. The minimum absolute atomic E-state index is 0.0510. The van der Waals surface area contributed by atoms with Gasteiger partial charge in [0, 0.05) is 0 Å². The third-order valence-corrected chi connectivity index (χ3v) is 2.26. The molecule has 0 radical (unpaired) electrons. The predicted molar refractivity (Wildman–Crippen MR) is 53.2 cm³/mol. The molecule has 2 heteroatoms. The van der Waals surface area contributed by atoms with Gasteiger partial charge in [-0.2, -0.15) is 0 Å². The van der Waals surface area contributed by atoms with Crippen LogP contribution in [-0.4, -0.2) is 18.3 Å². The molecule has 0 fully saturated rings. The van der Waals surface area contributed by atoms with Crippen molar-refractivity contribution in [3.8, 4) is 0 Å². The van der Waals surface area contributed by atoms with Gasteiger partial charge in [0.05, 0.1) is 19.1 Å². The molecule has 1 N–H and O–H groups in total. The molecule has 0 saturated heterocycles. The summed E-state index contributed by atoms with van der Waals surface area (Å²) in [6.07, 6.45) is 3.88. The quantitative estimate of drug-likeness (QED) is 0.720. The molecule has 0 saturated carbocycles. The molecule has 72 valence electrons. The van der Waals surface area contributed by atoms with Crippen molar-refractivity contribution in [2.75, 3.05) is 13.2 Å². The van der Waals surface area contributed by atoms with Crippen molar-refractivity contribution in [3.05, 3.63) is 35.6 Å². The summed E-state index contributed by atoms with van der Waals surface area (Å²) in [7, 11) is 0. The first-order valence-electron chi connectivity index (χ1n) is 4.52. The Bertz CT molecular complexity index is 261. The third-order valence-electron chi connectivity index (χ3n) is 2.26. The number of hydrogen-bond acceptors (Lipinski definition) is 2. The third kappa shape index (κ3) is 2.01. The van der Waals surface area contributed by atoms with E-state index in [2.05, 4.69) is 6.58 Å². The van der Waals surface area contributed by atoms with Gasteiger partial charge in [0.15, 0.2) is 0 Å². The summed E-state index contributed by atoms with van der Waals surface area (Å²) >= 11 is 0. The Hall–Kier alpha value is -1.02. The maximum Gasteiger partial charge on any atom is 0.106 e. The summed E-state index contributed by atoms with van der Waals surface area (Å²) in [5.74, 6) is 0.769. The first-order valence-corrected chi connectivity index (χ1v) is 4.52. The summed E-state index contributed by atoms with van der Waals surface area (Å²) < 4.78 is 5.40. The van der Waals surface area contributed by atoms with Crippen LogP contribution < -0.4 is 0 Å².